The Hall–Kier alpha value is -3.82. The Bertz CT molecular complexity index is 1270. The number of aliphatic carboxylic acids is 1. The van der Waals surface area contributed by atoms with Crippen LogP contribution in [0.25, 0.3) is 11.1 Å². The van der Waals surface area contributed by atoms with Crippen molar-refractivity contribution in [2.75, 3.05) is 18.6 Å². The molecule has 0 saturated heterocycles. The Morgan fingerprint density at radius 3 is 2.10 bits per heavy atom. The Balaban J connectivity index is 1.45. The van der Waals surface area contributed by atoms with E-state index in [0.717, 1.165) is 27.8 Å². The summed E-state index contributed by atoms with van der Waals surface area (Å²) in [6.45, 7) is 1.96. The van der Waals surface area contributed by atoms with Crippen molar-refractivity contribution in [2.45, 2.75) is 44.1 Å². The second-order valence-electron chi connectivity index (χ2n) is 9.63. The predicted molar refractivity (Wildman–Crippen MR) is 155 cm³/mol. The van der Waals surface area contributed by atoms with Gasteiger partial charge in [-0.25, -0.2) is 9.59 Å². The fourth-order valence-corrected chi connectivity index (χ4v) is 5.29. The van der Waals surface area contributed by atoms with Crippen LogP contribution in [0.2, 0.25) is 0 Å². The van der Waals surface area contributed by atoms with Crippen molar-refractivity contribution < 1.29 is 29.0 Å². The van der Waals surface area contributed by atoms with E-state index in [1.807, 2.05) is 73.0 Å². The van der Waals surface area contributed by atoms with Gasteiger partial charge in [0.1, 0.15) is 18.7 Å². The molecule has 0 fully saturated rings. The molecule has 0 heterocycles. The molecule has 0 bridgehead atoms. The van der Waals surface area contributed by atoms with Gasteiger partial charge < -0.3 is 25.2 Å². The van der Waals surface area contributed by atoms with E-state index in [2.05, 4.69) is 22.8 Å². The van der Waals surface area contributed by atoms with Crippen molar-refractivity contribution >= 4 is 29.7 Å². The molecule has 8 nitrogen and oxygen atoms in total. The smallest absolute Gasteiger partial charge is 0.407 e. The van der Waals surface area contributed by atoms with Crippen molar-refractivity contribution in [3.05, 3.63) is 95.6 Å². The molecule has 3 aromatic carbocycles. The highest BCUT2D eigenvalue weighted by Gasteiger charge is 2.33. The number of alkyl carbamates (subject to hydrolysis) is 1. The summed E-state index contributed by atoms with van der Waals surface area (Å²) in [7, 11) is 0. The molecule has 0 radical (unpaired) electrons. The van der Waals surface area contributed by atoms with Crippen molar-refractivity contribution in [1.29, 1.82) is 0 Å². The van der Waals surface area contributed by atoms with Crippen LogP contribution >= 0.6 is 11.8 Å². The summed E-state index contributed by atoms with van der Waals surface area (Å²) in [6, 6.07) is 23.2. The van der Waals surface area contributed by atoms with Crippen molar-refractivity contribution in [3.8, 4) is 11.1 Å². The highest BCUT2D eigenvalue weighted by atomic mass is 32.2. The van der Waals surface area contributed by atoms with Gasteiger partial charge in [-0.1, -0.05) is 78.9 Å². The molecule has 0 spiro atoms. The Morgan fingerprint density at radius 1 is 0.900 bits per heavy atom. The van der Waals surface area contributed by atoms with Gasteiger partial charge in [0.05, 0.1) is 12.7 Å². The number of thioether (sulfide) groups is 1. The molecule has 3 N–H and O–H groups in total. The zero-order chi connectivity index (χ0) is 28.5. The lowest BCUT2D eigenvalue weighted by atomic mass is 9.98. The fraction of sp³-hybridized carbons (Fsp3) is 0.323. The van der Waals surface area contributed by atoms with Crippen LogP contribution in [0.3, 0.4) is 0 Å². The van der Waals surface area contributed by atoms with Gasteiger partial charge in [-0.05, 0) is 53.2 Å². The highest BCUT2D eigenvalue weighted by molar-refractivity contribution is 7.98. The molecule has 1 aliphatic carbocycles. The lowest BCUT2D eigenvalue weighted by Gasteiger charge is -2.26. The molecular formula is C31H34N2O6S. The minimum absolute atomic E-state index is 0.0823. The second-order valence-corrected chi connectivity index (χ2v) is 10.6. The summed E-state index contributed by atoms with van der Waals surface area (Å²) < 4.78 is 11.6. The molecule has 0 saturated carbocycles. The molecular weight excluding hydrogens is 528 g/mol. The van der Waals surface area contributed by atoms with Crippen LogP contribution in [-0.4, -0.2) is 59.9 Å². The summed E-state index contributed by atoms with van der Waals surface area (Å²) in [5, 5.41) is 14.8. The molecule has 9 heteroatoms. The minimum atomic E-state index is -1.17. The molecule has 3 atom stereocenters. The number of nitrogens with one attached hydrogen (secondary N) is 2. The van der Waals surface area contributed by atoms with Crippen LogP contribution < -0.4 is 10.6 Å². The van der Waals surface area contributed by atoms with E-state index in [0.29, 0.717) is 5.75 Å². The third-order valence-electron chi connectivity index (χ3n) is 6.95. The van der Waals surface area contributed by atoms with Crippen molar-refractivity contribution in [2.24, 2.45) is 0 Å². The van der Waals surface area contributed by atoms with E-state index in [-0.39, 0.29) is 25.6 Å². The molecule has 0 aromatic heterocycles. The lowest BCUT2D eigenvalue weighted by molar-refractivity contribution is -0.142. The number of ether oxygens (including phenoxy) is 2. The van der Waals surface area contributed by atoms with E-state index in [4.69, 9.17) is 9.47 Å². The van der Waals surface area contributed by atoms with Crippen molar-refractivity contribution in [3.63, 3.8) is 0 Å². The summed E-state index contributed by atoms with van der Waals surface area (Å²) in [4.78, 5) is 38.0. The van der Waals surface area contributed by atoms with Gasteiger partial charge in [0, 0.05) is 5.92 Å². The SMILES string of the molecule is CSCC[C@H](NC(=O)C(NC(=O)OCC1c2ccccc2-c2ccccc21)C(C)OCc1ccccc1)C(=O)O. The number of hydrogen-bond acceptors (Lipinski definition) is 6. The molecule has 210 valence electrons. The predicted octanol–water partition coefficient (Wildman–Crippen LogP) is 4.82. The van der Waals surface area contributed by atoms with Crippen molar-refractivity contribution in [1.82, 2.24) is 10.6 Å². The first kappa shape index (κ1) is 29.2. The van der Waals surface area contributed by atoms with E-state index in [9.17, 15) is 19.5 Å². The van der Waals surface area contributed by atoms with E-state index >= 15 is 0 Å². The highest BCUT2D eigenvalue weighted by Crippen LogP contribution is 2.44. The molecule has 2 amide bonds. The van der Waals surface area contributed by atoms with Crippen LogP contribution in [0.1, 0.15) is 36.0 Å². The quantitative estimate of drug-likeness (QED) is 0.274. The van der Waals surface area contributed by atoms with Crippen LogP contribution in [0, 0.1) is 0 Å². The summed E-state index contributed by atoms with van der Waals surface area (Å²) in [5.74, 6) is -1.37. The average molecular weight is 563 g/mol. The molecule has 1 aliphatic rings. The van der Waals surface area contributed by atoms with Gasteiger partial charge in [0.15, 0.2) is 0 Å². The maximum Gasteiger partial charge on any atom is 0.407 e. The van der Waals surface area contributed by atoms with Crippen LogP contribution in [0.5, 0.6) is 0 Å². The third kappa shape index (κ3) is 7.22. The number of benzene rings is 3. The first-order chi connectivity index (χ1) is 19.4. The zero-order valence-corrected chi connectivity index (χ0v) is 23.4. The molecule has 4 rings (SSSR count). The van der Waals surface area contributed by atoms with Gasteiger partial charge in [-0.3, -0.25) is 4.79 Å². The van der Waals surface area contributed by atoms with Gasteiger partial charge in [-0.15, -0.1) is 0 Å². The summed E-state index contributed by atoms with van der Waals surface area (Å²) in [6.07, 6.45) is 0.560. The van der Waals surface area contributed by atoms with Gasteiger partial charge >= 0.3 is 12.1 Å². The molecule has 3 aromatic rings. The normalized spacial score (nSPS) is 14.3. The monoisotopic (exact) mass is 562 g/mol. The van der Waals surface area contributed by atoms with E-state index in [1.165, 1.54) is 11.8 Å². The number of rotatable bonds is 13. The first-order valence-electron chi connectivity index (χ1n) is 13.2. The van der Waals surface area contributed by atoms with E-state index in [1.54, 1.807) is 6.92 Å². The molecule has 2 unspecified atom stereocenters. The molecule has 0 aliphatic heterocycles. The zero-order valence-electron chi connectivity index (χ0n) is 22.5. The molecule has 40 heavy (non-hydrogen) atoms. The number of hydrogen-bond donors (Lipinski definition) is 3. The maximum atomic E-state index is 13.3. The standard InChI is InChI=1S/C31H34N2O6S/c1-20(38-18-21-10-4-3-5-11-21)28(29(34)32-27(30(35)36)16-17-40-2)33-31(37)39-19-26-24-14-8-6-12-22(24)23-13-7-9-15-25(23)26/h3-15,20,26-28H,16-19H2,1-2H3,(H,32,34)(H,33,37)(H,35,36)/t20?,27-,28?/m0/s1. The van der Waals surface area contributed by atoms with Gasteiger partial charge in [-0.2, -0.15) is 11.8 Å². The van der Waals surface area contributed by atoms with Crippen LogP contribution in [-0.2, 0) is 25.7 Å². The largest absolute Gasteiger partial charge is 0.480 e. The summed E-state index contributed by atoms with van der Waals surface area (Å²) in [5.41, 5.74) is 5.26. The maximum absolute atomic E-state index is 13.3. The number of fused-ring (bicyclic) bond motifs is 3. The van der Waals surface area contributed by atoms with Crippen LogP contribution in [0.4, 0.5) is 4.79 Å². The minimum Gasteiger partial charge on any atom is -0.480 e. The Labute approximate surface area is 238 Å². The van der Waals surface area contributed by atoms with Crippen LogP contribution in [0.15, 0.2) is 78.9 Å². The number of carbonyl (C=O) groups excluding carboxylic acids is 2. The average Bonchev–Trinajstić information content (AvgIpc) is 3.29. The number of carboxylic acid groups (broad SMARTS) is 1. The fourth-order valence-electron chi connectivity index (χ4n) is 4.82. The topological polar surface area (TPSA) is 114 Å². The second kappa shape index (κ2) is 14.0. The summed E-state index contributed by atoms with van der Waals surface area (Å²) >= 11 is 1.49. The lowest BCUT2D eigenvalue weighted by Crippen LogP contribution is -2.56. The van der Waals surface area contributed by atoms with E-state index < -0.39 is 36.2 Å². The Morgan fingerprint density at radius 2 is 1.50 bits per heavy atom. The number of amides is 2. The third-order valence-corrected chi connectivity index (χ3v) is 7.59. The number of carbonyl (C=O) groups is 3. The first-order valence-corrected chi connectivity index (χ1v) is 14.6. The Kier molecular flexibility index (Phi) is 10.2. The van der Waals surface area contributed by atoms with Gasteiger partial charge in [0.25, 0.3) is 0 Å². The van der Waals surface area contributed by atoms with Gasteiger partial charge in [0.2, 0.25) is 5.91 Å². The number of carboxylic acids is 1.